The number of rotatable bonds is 7. The smallest absolute Gasteiger partial charge is 0.298 e. The number of carbonyl (C=O) groups is 2. The van der Waals surface area contributed by atoms with Gasteiger partial charge in [0.2, 0.25) is 5.91 Å². The number of Topliss-reactive ketones (excluding diaryl/α,β-unsaturated/α-hetero) is 1. The lowest BCUT2D eigenvalue weighted by atomic mass is 10.2. The summed E-state index contributed by atoms with van der Waals surface area (Å²) < 4.78 is 5.19. The van der Waals surface area contributed by atoms with Crippen molar-refractivity contribution in [2.45, 2.75) is 13.3 Å². The van der Waals surface area contributed by atoms with Crippen LogP contribution in [0.15, 0.2) is 46.6 Å². The molecule has 0 aliphatic rings. The van der Waals surface area contributed by atoms with Gasteiger partial charge in [0, 0.05) is 11.1 Å². The van der Waals surface area contributed by atoms with Gasteiger partial charge in [0.05, 0.1) is 18.5 Å². The molecule has 27 heavy (non-hydrogen) atoms. The molecule has 9 nitrogen and oxygen atoms in total. The maximum absolute atomic E-state index is 11.9. The molecule has 0 aromatic heterocycles. The van der Waals surface area contributed by atoms with E-state index in [-0.39, 0.29) is 40.0 Å². The first-order valence-corrected chi connectivity index (χ1v) is 8.01. The first-order valence-electron chi connectivity index (χ1n) is 7.63. The molecule has 2 aromatic rings. The van der Waals surface area contributed by atoms with E-state index in [0.717, 1.165) is 6.07 Å². The van der Waals surface area contributed by atoms with E-state index >= 15 is 0 Å². The molecule has 0 saturated heterocycles. The van der Waals surface area contributed by atoms with Crippen LogP contribution in [-0.4, -0.2) is 23.7 Å². The van der Waals surface area contributed by atoms with Crippen LogP contribution in [0.3, 0.4) is 0 Å². The van der Waals surface area contributed by atoms with E-state index in [9.17, 15) is 19.7 Å². The van der Waals surface area contributed by atoms with Crippen molar-refractivity contribution in [3.63, 3.8) is 0 Å². The average Bonchev–Trinajstić information content (AvgIpc) is 2.60. The van der Waals surface area contributed by atoms with Crippen LogP contribution in [0, 0.1) is 10.1 Å². The first kappa shape index (κ1) is 20.0. The Labute approximate surface area is 159 Å². The van der Waals surface area contributed by atoms with E-state index in [2.05, 4.69) is 15.5 Å². The molecule has 0 fully saturated rings. The Morgan fingerprint density at radius 2 is 1.93 bits per heavy atom. The van der Waals surface area contributed by atoms with Gasteiger partial charge in [-0.1, -0.05) is 17.7 Å². The number of nitro benzene ring substituents is 1. The van der Waals surface area contributed by atoms with Crippen LogP contribution in [0.1, 0.15) is 13.3 Å². The zero-order chi connectivity index (χ0) is 20.0. The van der Waals surface area contributed by atoms with Gasteiger partial charge in [0.25, 0.3) is 5.69 Å². The van der Waals surface area contributed by atoms with E-state index in [1.807, 2.05) is 0 Å². The van der Waals surface area contributed by atoms with Gasteiger partial charge in [0.15, 0.2) is 5.69 Å². The number of nitrogens with zero attached hydrogens (tertiary/aromatic N) is 3. The van der Waals surface area contributed by atoms with E-state index in [4.69, 9.17) is 16.3 Å². The number of hydrogen-bond donors (Lipinski definition) is 1. The standard InChI is InChI=1S/C17H15ClN4O5/c1-10(23)8-16(24)19-17-13(4-3-5-15(17)27-2)21-20-12-7-6-11(18)9-14(12)22(25)26/h3-7,9H,8H2,1-2H3,(H,19,24). The Balaban J connectivity index is 2.42. The lowest BCUT2D eigenvalue weighted by molar-refractivity contribution is -0.384. The fourth-order valence-electron chi connectivity index (χ4n) is 2.14. The molecule has 10 heteroatoms. The third kappa shape index (κ3) is 5.32. The highest BCUT2D eigenvalue weighted by molar-refractivity contribution is 6.30. The Hall–Kier alpha value is -3.33. The number of azo groups is 1. The maximum Gasteiger partial charge on any atom is 0.298 e. The molecule has 0 radical (unpaired) electrons. The lowest BCUT2D eigenvalue weighted by Gasteiger charge is -2.11. The minimum Gasteiger partial charge on any atom is -0.494 e. The minimum atomic E-state index is -0.624. The molecular formula is C17H15ClN4O5. The minimum absolute atomic E-state index is 0.00627. The number of ether oxygens (including phenoxy) is 1. The van der Waals surface area contributed by atoms with Crippen molar-refractivity contribution in [3.05, 3.63) is 51.5 Å². The molecule has 0 bridgehead atoms. The van der Waals surface area contributed by atoms with Gasteiger partial charge in [-0.25, -0.2) is 0 Å². The van der Waals surface area contributed by atoms with Gasteiger partial charge in [-0.3, -0.25) is 19.7 Å². The number of anilines is 1. The van der Waals surface area contributed by atoms with Gasteiger partial charge in [-0.15, -0.1) is 10.2 Å². The molecule has 0 unspecified atom stereocenters. The van der Waals surface area contributed by atoms with Gasteiger partial charge in [-0.2, -0.15) is 0 Å². The highest BCUT2D eigenvalue weighted by atomic mass is 35.5. The second kappa shape index (κ2) is 8.86. The largest absolute Gasteiger partial charge is 0.494 e. The number of para-hydroxylation sites is 1. The summed E-state index contributed by atoms with van der Waals surface area (Å²) in [5.74, 6) is -0.544. The Morgan fingerprint density at radius 3 is 2.56 bits per heavy atom. The summed E-state index contributed by atoms with van der Waals surface area (Å²) in [6.07, 6.45) is -0.308. The summed E-state index contributed by atoms with van der Waals surface area (Å²) in [6.45, 7) is 1.29. The van der Waals surface area contributed by atoms with Crippen molar-refractivity contribution in [2.75, 3.05) is 12.4 Å². The van der Waals surface area contributed by atoms with Gasteiger partial charge >= 0.3 is 0 Å². The summed E-state index contributed by atoms with van der Waals surface area (Å²) in [5, 5.41) is 21.8. The quantitative estimate of drug-likeness (QED) is 0.320. The molecule has 1 N–H and O–H groups in total. The molecular weight excluding hydrogens is 376 g/mol. The topological polar surface area (TPSA) is 123 Å². The molecule has 0 spiro atoms. The van der Waals surface area contributed by atoms with Crippen molar-refractivity contribution >= 4 is 46.0 Å². The Bertz CT molecular complexity index is 930. The predicted molar refractivity (Wildman–Crippen MR) is 99.2 cm³/mol. The predicted octanol–water partition coefficient (Wildman–Crippen LogP) is 4.59. The van der Waals surface area contributed by atoms with Crippen molar-refractivity contribution < 1.29 is 19.2 Å². The molecule has 0 atom stereocenters. The number of amides is 1. The second-order valence-corrected chi connectivity index (χ2v) is 5.81. The summed E-state index contributed by atoms with van der Waals surface area (Å²) >= 11 is 5.77. The highest BCUT2D eigenvalue weighted by Gasteiger charge is 2.16. The number of carbonyl (C=O) groups excluding carboxylic acids is 2. The second-order valence-electron chi connectivity index (χ2n) is 5.37. The fourth-order valence-corrected chi connectivity index (χ4v) is 2.31. The summed E-state index contributed by atoms with van der Waals surface area (Å²) in [4.78, 5) is 33.6. The number of methoxy groups -OCH3 is 1. The van der Waals surface area contributed by atoms with E-state index in [0.29, 0.717) is 5.75 Å². The van der Waals surface area contributed by atoms with Crippen molar-refractivity contribution in [1.82, 2.24) is 0 Å². The molecule has 0 saturated carbocycles. The van der Waals surface area contributed by atoms with Crippen LogP contribution >= 0.6 is 11.6 Å². The fraction of sp³-hybridized carbons (Fsp3) is 0.176. The Kier molecular flexibility index (Phi) is 6.56. The van der Waals surface area contributed by atoms with E-state index in [1.165, 1.54) is 32.2 Å². The highest BCUT2D eigenvalue weighted by Crippen LogP contribution is 2.37. The zero-order valence-corrected chi connectivity index (χ0v) is 15.2. The van der Waals surface area contributed by atoms with Crippen LogP contribution in [0.4, 0.5) is 22.7 Å². The average molecular weight is 391 g/mol. The summed E-state index contributed by atoms with van der Waals surface area (Å²) in [5.41, 5.74) is 0.0895. The van der Waals surface area contributed by atoms with E-state index < -0.39 is 10.8 Å². The molecule has 140 valence electrons. The molecule has 2 rings (SSSR count). The first-order chi connectivity index (χ1) is 12.8. The third-order valence-electron chi connectivity index (χ3n) is 3.30. The third-order valence-corrected chi connectivity index (χ3v) is 3.53. The maximum atomic E-state index is 11.9. The summed E-state index contributed by atoms with van der Waals surface area (Å²) in [6, 6.07) is 8.72. The van der Waals surface area contributed by atoms with Gasteiger partial charge in [0.1, 0.15) is 22.9 Å². The molecule has 0 heterocycles. The van der Waals surface area contributed by atoms with E-state index in [1.54, 1.807) is 12.1 Å². The molecule has 2 aromatic carbocycles. The van der Waals surface area contributed by atoms with Gasteiger partial charge in [-0.05, 0) is 31.2 Å². The normalized spacial score (nSPS) is 10.6. The van der Waals surface area contributed by atoms with Crippen LogP contribution in [0.2, 0.25) is 5.02 Å². The van der Waals surface area contributed by atoms with Crippen molar-refractivity contribution in [3.8, 4) is 5.75 Å². The number of hydrogen-bond acceptors (Lipinski definition) is 7. The van der Waals surface area contributed by atoms with Crippen molar-refractivity contribution in [2.24, 2.45) is 10.2 Å². The molecule has 1 amide bonds. The van der Waals surface area contributed by atoms with Crippen molar-refractivity contribution in [1.29, 1.82) is 0 Å². The van der Waals surface area contributed by atoms with Crippen LogP contribution in [-0.2, 0) is 9.59 Å². The number of benzene rings is 2. The monoisotopic (exact) mass is 390 g/mol. The molecule has 0 aliphatic heterocycles. The number of ketones is 1. The number of nitrogens with one attached hydrogen (secondary N) is 1. The lowest BCUT2D eigenvalue weighted by Crippen LogP contribution is -2.15. The van der Waals surface area contributed by atoms with Crippen LogP contribution in [0.5, 0.6) is 5.75 Å². The van der Waals surface area contributed by atoms with Gasteiger partial charge < -0.3 is 10.1 Å². The Morgan fingerprint density at radius 1 is 1.22 bits per heavy atom. The number of nitro groups is 1. The number of halogens is 1. The van der Waals surface area contributed by atoms with Crippen LogP contribution < -0.4 is 10.1 Å². The molecule has 0 aliphatic carbocycles. The SMILES string of the molecule is COc1cccc(N=Nc2ccc(Cl)cc2[N+](=O)[O-])c1NC(=O)CC(C)=O. The van der Waals surface area contributed by atoms with Crippen LogP contribution in [0.25, 0.3) is 0 Å². The zero-order valence-electron chi connectivity index (χ0n) is 14.4. The summed E-state index contributed by atoms with van der Waals surface area (Å²) in [7, 11) is 1.40.